The Morgan fingerprint density at radius 3 is 2.82 bits per heavy atom. The van der Waals surface area contributed by atoms with Gasteiger partial charge in [0.2, 0.25) is 11.9 Å². The van der Waals surface area contributed by atoms with Crippen molar-refractivity contribution < 1.29 is 4.79 Å². The lowest BCUT2D eigenvalue weighted by molar-refractivity contribution is -0.128. The van der Waals surface area contributed by atoms with Crippen molar-refractivity contribution in [1.82, 2.24) is 29.2 Å². The third kappa shape index (κ3) is 4.58. The topological polar surface area (TPSA) is 78.7 Å². The first-order chi connectivity index (χ1) is 16.1. The van der Waals surface area contributed by atoms with Gasteiger partial charge in [-0.15, -0.1) is 0 Å². The van der Waals surface area contributed by atoms with Gasteiger partial charge < -0.3 is 10.2 Å². The number of anilines is 1. The summed E-state index contributed by atoms with van der Waals surface area (Å²) in [6.45, 7) is 6.95. The van der Waals surface area contributed by atoms with E-state index in [9.17, 15) is 4.79 Å². The fourth-order valence-electron chi connectivity index (χ4n) is 4.97. The van der Waals surface area contributed by atoms with E-state index in [0.29, 0.717) is 28.7 Å². The van der Waals surface area contributed by atoms with Crippen LogP contribution in [0.25, 0.3) is 17.0 Å². The molecule has 0 unspecified atom stereocenters. The van der Waals surface area contributed by atoms with Crippen molar-refractivity contribution in [3.63, 3.8) is 0 Å². The summed E-state index contributed by atoms with van der Waals surface area (Å²) in [5.74, 6) is 0.617. The minimum Gasteiger partial charge on any atom is -0.351 e. The molecule has 33 heavy (non-hydrogen) atoms. The van der Waals surface area contributed by atoms with Crippen LogP contribution in [0.1, 0.15) is 25.7 Å². The lowest BCUT2D eigenvalue weighted by atomic mass is 9.89. The van der Waals surface area contributed by atoms with Gasteiger partial charge >= 0.3 is 0 Å². The molecule has 172 valence electrons. The molecule has 1 aliphatic heterocycles. The molecule has 0 radical (unpaired) electrons. The number of halogens is 1. The van der Waals surface area contributed by atoms with E-state index in [2.05, 4.69) is 26.8 Å². The molecule has 1 N–H and O–H groups in total. The van der Waals surface area contributed by atoms with Crippen LogP contribution in [0, 0.1) is 0 Å². The standard InChI is InChI=1S/C24H28ClN7O/c1-2-22(33)31-12-10-30(11-13-31)18-7-5-6-17(14-18)28-24-27-15-19(25)23(29-24)20-16-26-21-8-3-4-9-32(20)21/h2-4,8-9,15-18H,1,5-7,10-14H2,(H,27,28,29)/t17-,18+/m1/s1. The SMILES string of the molecule is C=CC(=O)N1CCN([C@H]2CCC[C@@H](Nc3ncc(Cl)c(-c4cnc5ccccn45)n3)C2)CC1. The van der Waals surface area contributed by atoms with Gasteiger partial charge in [0.05, 0.1) is 23.1 Å². The fraction of sp³-hybridized carbons (Fsp3) is 0.417. The molecule has 9 heteroatoms. The highest BCUT2D eigenvalue weighted by molar-refractivity contribution is 6.32. The molecule has 2 fully saturated rings. The molecular weight excluding hydrogens is 438 g/mol. The molecule has 5 rings (SSSR count). The highest BCUT2D eigenvalue weighted by Crippen LogP contribution is 2.29. The number of imidazole rings is 1. The number of amides is 1. The normalized spacial score (nSPS) is 21.8. The molecule has 2 aliphatic rings. The third-order valence-electron chi connectivity index (χ3n) is 6.70. The Bertz CT molecular complexity index is 1150. The van der Waals surface area contributed by atoms with Gasteiger partial charge in [0, 0.05) is 44.5 Å². The summed E-state index contributed by atoms with van der Waals surface area (Å²) in [6, 6.07) is 6.67. The van der Waals surface area contributed by atoms with Gasteiger partial charge in [-0.05, 0) is 43.9 Å². The number of rotatable bonds is 5. The van der Waals surface area contributed by atoms with E-state index in [-0.39, 0.29) is 5.91 Å². The minimum atomic E-state index is 0.0273. The first-order valence-electron chi connectivity index (χ1n) is 11.5. The number of fused-ring (bicyclic) bond motifs is 1. The number of nitrogens with zero attached hydrogens (tertiary/aromatic N) is 6. The molecular formula is C24H28ClN7O. The molecule has 0 aromatic carbocycles. The van der Waals surface area contributed by atoms with Crippen LogP contribution in [-0.2, 0) is 4.79 Å². The number of hydrogen-bond acceptors (Lipinski definition) is 6. The van der Waals surface area contributed by atoms with E-state index < -0.39 is 0 Å². The van der Waals surface area contributed by atoms with Gasteiger partial charge in [0.1, 0.15) is 11.3 Å². The molecule has 8 nitrogen and oxygen atoms in total. The Labute approximate surface area is 198 Å². The Morgan fingerprint density at radius 1 is 1.15 bits per heavy atom. The highest BCUT2D eigenvalue weighted by atomic mass is 35.5. The number of carbonyl (C=O) groups excluding carboxylic acids is 1. The summed E-state index contributed by atoms with van der Waals surface area (Å²) < 4.78 is 1.98. The third-order valence-corrected chi connectivity index (χ3v) is 6.98. The molecule has 3 aromatic rings. The Balaban J connectivity index is 1.27. The van der Waals surface area contributed by atoms with Crippen LogP contribution in [0.15, 0.2) is 49.4 Å². The van der Waals surface area contributed by atoms with Crippen molar-refractivity contribution in [2.75, 3.05) is 31.5 Å². The number of hydrogen-bond donors (Lipinski definition) is 1. The molecule has 0 spiro atoms. The zero-order chi connectivity index (χ0) is 22.8. The van der Waals surface area contributed by atoms with E-state index >= 15 is 0 Å². The monoisotopic (exact) mass is 465 g/mol. The van der Waals surface area contributed by atoms with Gasteiger partial charge in [0.15, 0.2) is 0 Å². The summed E-state index contributed by atoms with van der Waals surface area (Å²) in [5, 5.41) is 4.05. The van der Waals surface area contributed by atoms with Crippen molar-refractivity contribution in [2.45, 2.75) is 37.8 Å². The summed E-state index contributed by atoms with van der Waals surface area (Å²) in [5.41, 5.74) is 2.36. The van der Waals surface area contributed by atoms with Crippen molar-refractivity contribution >= 4 is 29.1 Å². The predicted octanol–water partition coefficient (Wildman–Crippen LogP) is 3.50. The van der Waals surface area contributed by atoms with Crippen LogP contribution in [0.5, 0.6) is 0 Å². The van der Waals surface area contributed by atoms with E-state index in [0.717, 1.165) is 56.8 Å². The minimum absolute atomic E-state index is 0.0273. The van der Waals surface area contributed by atoms with Crippen LogP contribution in [0.3, 0.4) is 0 Å². The van der Waals surface area contributed by atoms with Crippen LogP contribution >= 0.6 is 11.6 Å². The number of carbonyl (C=O) groups is 1. The summed E-state index contributed by atoms with van der Waals surface area (Å²) in [4.78, 5) is 29.9. The number of pyridine rings is 1. The van der Waals surface area contributed by atoms with Crippen LogP contribution in [-0.4, -0.2) is 73.3 Å². The number of piperazine rings is 1. The molecule has 1 aliphatic carbocycles. The molecule has 4 heterocycles. The van der Waals surface area contributed by atoms with E-state index in [1.54, 1.807) is 12.4 Å². The Morgan fingerprint density at radius 2 is 2.00 bits per heavy atom. The van der Waals surface area contributed by atoms with E-state index in [4.69, 9.17) is 16.6 Å². The van der Waals surface area contributed by atoms with Crippen LogP contribution < -0.4 is 5.32 Å². The quantitative estimate of drug-likeness (QED) is 0.581. The summed E-state index contributed by atoms with van der Waals surface area (Å²) >= 11 is 6.47. The molecule has 1 amide bonds. The number of aromatic nitrogens is 4. The van der Waals surface area contributed by atoms with Crippen LogP contribution in [0.4, 0.5) is 5.95 Å². The van der Waals surface area contributed by atoms with Gasteiger partial charge in [-0.2, -0.15) is 0 Å². The summed E-state index contributed by atoms with van der Waals surface area (Å²) in [6.07, 6.45) is 11.3. The Hall–Kier alpha value is -2.97. The second-order valence-electron chi connectivity index (χ2n) is 8.69. The first-order valence-corrected chi connectivity index (χ1v) is 11.9. The maximum atomic E-state index is 11.9. The highest BCUT2D eigenvalue weighted by Gasteiger charge is 2.30. The lowest BCUT2D eigenvalue weighted by Gasteiger charge is -2.42. The van der Waals surface area contributed by atoms with Gasteiger partial charge in [0.25, 0.3) is 0 Å². The van der Waals surface area contributed by atoms with E-state index in [1.165, 1.54) is 12.5 Å². The van der Waals surface area contributed by atoms with Crippen molar-refractivity contribution in [3.8, 4) is 11.4 Å². The van der Waals surface area contributed by atoms with Crippen molar-refractivity contribution in [2.24, 2.45) is 0 Å². The maximum Gasteiger partial charge on any atom is 0.246 e. The average molecular weight is 466 g/mol. The zero-order valence-electron chi connectivity index (χ0n) is 18.5. The molecule has 2 atom stereocenters. The predicted molar refractivity (Wildman–Crippen MR) is 129 cm³/mol. The van der Waals surface area contributed by atoms with Gasteiger partial charge in [-0.3, -0.25) is 14.1 Å². The molecule has 1 saturated carbocycles. The first kappa shape index (κ1) is 21.9. The second kappa shape index (κ2) is 9.49. The maximum absolute atomic E-state index is 11.9. The van der Waals surface area contributed by atoms with Crippen molar-refractivity contribution in [1.29, 1.82) is 0 Å². The smallest absolute Gasteiger partial charge is 0.246 e. The number of nitrogens with one attached hydrogen (secondary N) is 1. The zero-order valence-corrected chi connectivity index (χ0v) is 19.3. The molecule has 0 bridgehead atoms. The molecule has 1 saturated heterocycles. The van der Waals surface area contributed by atoms with Crippen LogP contribution in [0.2, 0.25) is 5.02 Å². The van der Waals surface area contributed by atoms with Gasteiger partial charge in [-0.25, -0.2) is 15.0 Å². The van der Waals surface area contributed by atoms with Gasteiger partial charge in [-0.1, -0.05) is 24.2 Å². The fourth-order valence-corrected chi connectivity index (χ4v) is 5.16. The molecule has 3 aromatic heterocycles. The lowest BCUT2D eigenvalue weighted by Crippen LogP contribution is -2.53. The largest absolute Gasteiger partial charge is 0.351 e. The Kier molecular flexibility index (Phi) is 6.28. The summed E-state index contributed by atoms with van der Waals surface area (Å²) in [7, 11) is 0. The average Bonchev–Trinajstić information content (AvgIpc) is 3.29. The second-order valence-corrected chi connectivity index (χ2v) is 9.10. The van der Waals surface area contributed by atoms with Crippen molar-refractivity contribution in [3.05, 3.63) is 54.5 Å². The van der Waals surface area contributed by atoms with E-state index in [1.807, 2.05) is 33.7 Å².